The quantitative estimate of drug-likeness (QED) is 0.828. The number of fused-ring (bicyclic) bond motifs is 1. The summed E-state index contributed by atoms with van der Waals surface area (Å²) in [4.78, 5) is 14.8. The van der Waals surface area contributed by atoms with E-state index in [1.807, 2.05) is 18.2 Å². The summed E-state index contributed by atoms with van der Waals surface area (Å²) in [6.07, 6.45) is 2.26. The number of benzene rings is 1. The van der Waals surface area contributed by atoms with Crippen molar-refractivity contribution in [2.75, 3.05) is 7.11 Å². The van der Waals surface area contributed by atoms with Crippen molar-refractivity contribution in [1.29, 1.82) is 0 Å². The molecule has 1 aliphatic carbocycles. The number of aromatic amines is 1. The fourth-order valence-electron chi connectivity index (χ4n) is 2.26. The summed E-state index contributed by atoms with van der Waals surface area (Å²) in [5, 5.41) is 1.68. The lowest BCUT2D eigenvalue weighted by Gasteiger charge is -2.00. The number of para-hydroxylation sites is 1. The van der Waals surface area contributed by atoms with Gasteiger partial charge in [-0.25, -0.2) is 4.79 Å². The molecule has 1 heterocycles. The van der Waals surface area contributed by atoms with Gasteiger partial charge in [-0.1, -0.05) is 23.7 Å². The Morgan fingerprint density at radius 2 is 2.24 bits per heavy atom. The van der Waals surface area contributed by atoms with Crippen LogP contribution in [0.3, 0.4) is 0 Å². The molecule has 0 unspecified atom stereocenters. The maximum Gasteiger partial charge on any atom is 0.354 e. The zero-order valence-corrected chi connectivity index (χ0v) is 10.2. The molecule has 1 aliphatic rings. The summed E-state index contributed by atoms with van der Waals surface area (Å²) < 4.78 is 4.81. The molecule has 0 aliphatic heterocycles. The predicted octanol–water partition coefficient (Wildman–Crippen LogP) is 3.49. The molecule has 3 rings (SSSR count). The van der Waals surface area contributed by atoms with Crippen LogP contribution in [0.15, 0.2) is 18.2 Å². The van der Waals surface area contributed by atoms with Crippen LogP contribution in [0.4, 0.5) is 0 Å². The van der Waals surface area contributed by atoms with Gasteiger partial charge in [-0.15, -0.1) is 0 Å². The second kappa shape index (κ2) is 3.77. The van der Waals surface area contributed by atoms with E-state index < -0.39 is 0 Å². The van der Waals surface area contributed by atoms with Crippen LogP contribution in [0.1, 0.15) is 34.8 Å². The van der Waals surface area contributed by atoms with Crippen molar-refractivity contribution >= 4 is 28.5 Å². The fraction of sp³-hybridized carbons (Fsp3) is 0.308. The molecule has 0 bridgehead atoms. The van der Waals surface area contributed by atoms with Crippen LogP contribution in [0.25, 0.3) is 10.9 Å². The number of hydrogen-bond donors (Lipinski definition) is 1. The highest BCUT2D eigenvalue weighted by atomic mass is 35.5. The van der Waals surface area contributed by atoms with Crippen LogP contribution in [-0.4, -0.2) is 18.1 Å². The van der Waals surface area contributed by atoms with E-state index in [4.69, 9.17) is 16.3 Å². The number of esters is 1. The fourth-order valence-corrected chi connectivity index (χ4v) is 2.48. The number of nitrogens with one attached hydrogen (secondary N) is 1. The molecule has 1 fully saturated rings. The predicted molar refractivity (Wildman–Crippen MR) is 66.6 cm³/mol. The second-order valence-corrected chi connectivity index (χ2v) is 4.75. The minimum absolute atomic E-state index is 0.320. The number of carbonyl (C=O) groups is 1. The summed E-state index contributed by atoms with van der Waals surface area (Å²) in [7, 11) is 1.39. The number of H-pyrrole nitrogens is 1. The van der Waals surface area contributed by atoms with Crippen LogP contribution < -0.4 is 0 Å². The zero-order chi connectivity index (χ0) is 12.0. The van der Waals surface area contributed by atoms with Crippen molar-refractivity contribution in [2.24, 2.45) is 0 Å². The van der Waals surface area contributed by atoms with Gasteiger partial charge in [0.15, 0.2) is 0 Å². The second-order valence-electron chi connectivity index (χ2n) is 4.34. The molecular formula is C13H12ClNO2. The standard InChI is InChI=1S/C13H12ClNO2/c1-17-13(16)12-10(7-5-6-7)8-3-2-4-9(14)11(8)15-12/h2-4,7,15H,5-6H2,1H3. The summed E-state index contributed by atoms with van der Waals surface area (Å²) in [5.41, 5.74) is 2.45. The summed E-state index contributed by atoms with van der Waals surface area (Å²) >= 11 is 6.13. The maximum absolute atomic E-state index is 11.8. The van der Waals surface area contributed by atoms with Crippen molar-refractivity contribution in [2.45, 2.75) is 18.8 Å². The third kappa shape index (κ3) is 1.62. The molecule has 0 atom stereocenters. The first-order valence-electron chi connectivity index (χ1n) is 5.60. The Morgan fingerprint density at radius 1 is 1.47 bits per heavy atom. The molecule has 1 saturated carbocycles. The van der Waals surface area contributed by atoms with Gasteiger partial charge in [-0.2, -0.15) is 0 Å². The third-order valence-electron chi connectivity index (χ3n) is 3.20. The molecular weight excluding hydrogens is 238 g/mol. The summed E-state index contributed by atoms with van der Waals surface area (Å²) in [6, 6.07) is 5.72. The number of carbonyl (C=O) groups excluding carboxylic acids is 1. The first kappa shape index (κ1) is 10.7. The largest absolute Gasteiger partial charge is 0.464 e. The average Bonchev–Trinajstić information content (AvgIpc) is 3.09. The van der Waals surface area contributed by atoms with Crippen molar-refractivity contribution in [3.63, 3.8) is 0 Å². The molecule has 0 spiro atoms. The van der Waals surface area contributed by atoms with E-state index in [2.05, 4.69) is 4.98 Å². The normalized spacial score (nSPS) is 15.2. The van der Waals surface area contributed by atoms with Crippen molar-refractivity contribution < 1.29 is 9.53 Å². The highest BCUT2D eigenvalue weighted by Gasteiger charge is 2.32. The van der Waals surface area contributed by atoms with Gasteiger partial charge in [0.25, 0.3) is 0 Å². The van der Waals surface area contributed by atoms with Crippen molar-refractivity contribution in [1.82, 2.24) is 4.98 Å². The lowest BCUT2D eigenvalue weighted by molar-refractivity contribution is 0.0594. The van der Waals surface area contributed by atoms with Crippen LogP contribution in [0.2, 0.25) is 5.02 Å². The van der Waals surface area contributed by atoms with Crippen molar-refractivity contribution in [3.05, 3.63) is 34.5 Å². The third-order valence-corrected chi connectivity index (χ3v) is 3.51. The lowest BCUT2D eigenvalue weighted by atomic mass is 10.1. The van der Waals surface area contributed by atoms with Crippen LogP contribution in [-0.2, 0) is 4.74 Å². The van der Waals surface area contributed by atoms with Crippen LogP contribution in [0, 0.1) is 0 Å². The smallest absolute Gasteiger partial charge is 0.354 e. The molecule has 0 radical (unpaired) electrons. The number of methoxy groups -OCH3 is 1. The Kier molecular flexibility index (Phi) is 2.37. The van der Waals surface area contributed by atoms with Gasteiger partial charge < -0.3 is 9.72 Å². The van der Waals surface area contributed by atoms with Gasteiger partial charge in [0.1, 0.15) is 5.69 Å². The monoisotopic (exact) mass is 249 g/mol. The lowest BCUT2D eigenvalue weighted by Crippen LogP contribution is -2.04. The maximum atomic E-state index is 11.8. The minimum Gasteiger partial charge on any atom is -0.464 e. The number of halogens is 1. The molecule has 88 valence electrons. The van der Waals surface area contributed by atoms with Crippen LogP contribution in [0.5, 0.6) is 0 Å². The molecule has 2 aromatic rings. The van der Waals surface area contributed by atoms with Gasteiger partial charge in [0, 0.05) is 5.39 Å². The van der Waals surface area contributed by atoms with E-state index >= 15 is 0 Å². The Bertz CT molecular complexity index is 599. The van der Waals surface area contributed by atoms with E-state index in [0.29, 0.717) is 16.6 Å². The molecule has 1 aromatic heterocycles. The molecule has 1 N–H and O–H groups in total. The van der Waals surface area contributed by atoms with Crippen LogP contribution >= 0.6 is 11.6 Å². The van der Waals surface area contributed by atoms with Gasteiger partial charge in [-0.05, 0) is 30.4 Å². The highest BCUT2D eigenvalue weighted by molar-refractivity contribution is 6.35. The Labute approximate surface area is 104 Å². The molecule has 0 amide bonds. The Morgan fingerprint density at radius 3 is 2.88 bits per heavy atom. The Balaban J connectivity index is 2.30. The summed E-state index contributed by atoms with van der Waals surface area (Å²) in [6.45, 7) is 0. The van der Waals surface area contributed by atoms with Gasteiger partial charge >= 0.3 is 5.97 Å². The number of ether oxygens (including phenoxy) is 1. The van der Waals surface area contributed by atoms with E-state index in [-0.39, 0.29) is 5.97 Å². The number of hydrogen-bond acceptors (Lipinski definition) is 2. The molecule has 3 nitrogen and oxygen atoms in total. The first-order chi connectivity index (χ1) is 8.22. The first-order valence-corrected chi connectivity index (χ1v) is 5.98. The average molecular weight is 250 g/mol. The molecule has 0 saturated heterocycles. The SMILES string of the molecule is COC(=O)c1[nH]c2c(Cl)cccc2c1C1CC1. The number of aromatic nitrogens is 1. The van der Waals surface area contributed by atoms with Crippen molar-refractivity contribution in [3.8, 4) is 0 Å². The van der Waals surface area contributed by atoms with E-state index in [9.17, 15) is 4.79 Å². The Hall–Kier alpha value is -1.48. The molecule has 1 aromatic carbocycles. The highest BCUT2D eigenvalue weighted by Crippen LogP contribution is 2.46. The van der Waals surface area contributed by atoms with E-state index in [0.717, 1.165) is 29.3 Å². The summed E-state index contributed by atoms with van der Waals surface area (Å²) in [5.74, 6) is 0.149. The minimum atomic E-state index is -0.320. The van der Waals surface area contributed by atoms with Gasteiger partial charge in [0.2, 0.25) is 0 Å². The van der Waals surface area contributed by atoms with Gasteiger partial charge in [-0.3, -0.25) is 0 Å². The van der Waals surface area contributed by atoms with E-state index in [1.165, 1.54) is 7.11 Å². The molecule has 4 heteroatoms. The molecule has 17 heavy (non-hydrogen) atoms. The zero-order valence-electron chi connectivity index (χ0n) is 9.42. The van der Waals surface area contributed by atoms with E-state index in [1.54, 1.807) is 0 Å². The van der Waals surface area contributed by atoms with Gasteiger partial charge in [0.05, 0.1) is 17.6 Å². The number of rotatable bonds is 2. The topological polar surface area (TPSA) is 42.1 Å².